The molecule has 5 rings (SSSR count). The van der Waals surface area contributed by atoms with Crippen LogP contribution in [0.15, 0.2) is 117 Å². The molecular weight excluding hydrogens is 4290 g/mol. The van der Waals surface area contributed by atoms with Crippen LogP contribution < -0.4 is 13.3 Å². The second-order valence-electron chi connectivity index (χ2n) is 9.83. The van der Waals surface area contributed by atoms with Crippen molar-refractivity contribution in [1.82, 2.24) is 0 Å². The number of halogens is 31. The van der Waals surface area contributed by atoms with Gasteiger partial charge in [-0.15, -0.1) is 0 Å². The minimum absolute atomic E-state index is 0.185. The summed E-state index contributed by atoms with van der Waals surface area (Å²) in [7, 11) is -4.16. The molecule has 0 fully saturated rings. The molecule has 0 saturated carbocycles. The Labute approximate surface area is 631 Å². The fourth-order valence-electron chi connectivity index (χ4n) is 3.35. The van der Waals surface area contributed by atoms with Crippen molar-refractivity contribution in [1.29, 1.82) is 0 Å². The van der Waals surface area contributed by atoms with Crippen LogP contribution in [0.2, 0.25) is 0 Å². The molecule has 0 saturated heterocycles. The maximum Gasteiger partial charge on any atom is 0.373 e. The predicted molar refractivity (Wildman–Crippen MR) is 544 cm³/mol. The van der Waals surface area contributed by atoms with E-state index >= 15 is 0 Å². The quantitative estimate of drug-likeness (QED) is 0.107. The van der Waals surface area contributed by atoms with Gasteiger partial charge in [-0.2, -0.15) is 28.8 Å². The number of benzene rings is 3. The topological polar surface area (TPSA) is 129 Å². The van der Waals surface area contributed by atoms with Crippen molar-refractivity contribution in [2.24, 2.45) is 0 Å². The summed E-state index contributed by atoms with van der Waals surface area (Å²) in [6.07, 6.45) is 4.05. The Morgan fingerprint density at radius 3 is 1.10 bits per heavy atom. The molecule has 0 atom stereocenters. The Hall–Kier alpha value is 15.9. The van der Waals surface area contributed by atoms with E-state index in [4.69, 9.17) is 37.6 Å². The summed E-state index contributed by atoms with van der Waals surface area (Å²) in [6.45, 7) is 5.89. The van der Waals surface area contributed by atoms with Gasteiger partial charge in [-0.25, -0.2) is 4.39 Å². The average molecular weight is 4320 g/mol. The van der Waals surface area contributed by atoms with Crippen LogP contribution in [0, 0.1) is 26.6 Å². The van der Waals surface area contributed by atoms with Crippen molar-refractivity contribution in [3.05, 3.63) is 131 Å². The molecule has 71 heavy (non-hydrogen) atoms. The predicted octanol–water partition coefficient (Wildman–Crippen LogP) is 29.5. The first-order valence-electron chi connectivity index (χ1n) is 15.6. The number of carbonyl (C=O) groups excluding carboxylic acids is 6. The molecule has 2 aromatic heterocycles. The van der Waals surface area contributed by atoms with Gasteiger partial charge in [0.15, 0.2) is 0 Å². The van der Waals surface area contributed by atoms with Crippen LogP contribution in [0.4, 0.5) is 4.39 Å². The first-order valence-corrected chi connectivity index (χ1v) is 186. The van der Waals surface area contributed by atoms with Gasteiger partial charge in [0, 0.05) is 15.6 Å². The van der Waals surface area contributed by atoms with Crippen LogP contribution in [0.25, 0.3) is 22.6 Å². The molecule has 420 valence electrons. The smallest absolute Gasteiger partial charge is 0.186 e. The second kappa shape index (κ2) is 59.7. The fourth-order valence-corrected chi connectivity index (χ4v) is 3570. The second-order valence-corrected chi connectivity index (χ2v) is 612. The van der Waals surface area contributed by atoms with Gasteiger partial charge < -0.3 is 8.83 Å². The molecule has 0 aliphatic heterocycles. The molecule has 5 aromatic rings. The Morgan fingerprint density at radius 1 is 0.465 bits per heavy atom. The summed E-state index contributed by atoms with van der Waals surface area (Å²) in [6, 6.07) is 28.9. The Kier molecular flexibility index (Phi) is 76.6. The molecular formula is C32H26BrFI29O8-. The number of furan rings is 2. The minimum Gasteiger partial charge on any atom is -0.186 e. The Balaban J connectivity index is -0.000000785. The average Bonchev–Trinajstić information content (AvgIpc) is 4.08. The monoisotopic (exact) mass is 4320 g/mol. The van der Waals surface area contributed by atoms with E-state index in [-0.39, 0.29) is 95.3 Å². The zero-order chi connectivity index (χ0) is 55.4. The molecule has 0 aliphatic carbocycles. The molecule has 8 nitrogen and oxygen atoms in total. The molecule has 3 aromatic carbocycles. The van der Waals surface area contributed by atoms with E-state index in [9.17, 15) is 4.39 Å². The van der Waals surface area contributed by atoms with E-state index in [0.29, 0.717) is 18.8 Å². The number of rotatable bonds is 13. The van der Waals surface area contributed by atoms with Crippen molar-refractivity contribution in [3.8, 4) is 22.6 Å². The number of hydrogen-bond donors (Lipinski definition) is 0. The molecule has 0 spiro atoms. The molecule has 2 heterocycles. The molecule has 0 unspecified atom stereocenters. The number of hydrogen-bond acceptors (Lipinski definition) is 8. The van der Waals surface area contributed by atoms with Gasteiger partial charge >= 0.3 is 424 Å². The van der Waals surface area contributed by atoms with Gasteiger partial charge in [0.2, 0.25) is 0 Å². The third kappa shape index (κ3) is 47.5. The summed E-state index contributed by atoms with van der Waals surface area (Å²) in [5, 5.41) is 0. The van der Waals surface area contributed by atoms with Crippen LogP contribution in [0.3, 0.4) is 0 Å². The van der Waals surface area contributed by atoms with Crippen molar-refractivity contribution >= 4 is 427 Å². The SMILES string of the molecule is Cc1cc(-c2ccco2)ccc1F.Cc1cccc(-c2ccco2)c1.Cc1cccc(Br)c1.II(I)I(I)I(I)I(I)I(I)I(I)I.I[I-]I(I)I(I)I(I)I(I)I(I)I(I)I.O=C=O.O=C=O.O=C=O. The van der Waals surface area contributed by atoms with Crippen LogP contribution in [-0.2, 0) is 28.8 Å². The summed E-state index contributed by atoms with van der Waals surface area (Å²) in [4.78, 5) is 48.8. The molecule has 0 aliphatic rings. The van der Waals surface area contributed by atoms with Crippen molar-refractivity contribution in [2.75, 3.05) is 0 Å². The minimum atomic E-state index is -0.399. The summed E-state index contributed by atoms with van der Waals surface area (Å²) >= 11 is 51.0. The molecule has 0 bridgehead atoms. The van der Waals surface area contributed by atoms with E-state index in [0.717, 1.165) is 27.1 Å². The standard InChI is InChI=1S/C11H9FO.C11H10O.C7H7Br.3CO2.I15.I14/c1-8-7-9(4-5-10(8)12)11-3-2-6-13-11;1-9-4-2-5-10(8-9)11-6-3-7-12-11;1-6-3-2-4-7(8)5-6;3*2-1-3;1-9-11(4)13(6)15(8)14(7)12(5)10(2)3;1-9(2)11(5)13(7)14(8)12(6)10(3)4/h2-7H,1H3;2-8H,1H3;2-5H,1H3;;;;;/q;;;;;;-1;. The molecule has 0 radical (unpaired) electrons. The van der Waals surface area contributed by atoms with Crippen LogP contribution in [-0.4, -0.2) is 18.5 Å². The Bertz CT molecular complexity index is 2170. The third-order valence-electron chi connectivity index (χ3n) is 5.62. The summed E-state index contributed by atoms with van der Waals surface area (Å²) in [5.41, 5.74) is 5.22. The Morgan fingerprint density at radius 2 is 0.817 bits per heavy atom. The maximum atomic E-state index is 12.9. The van der Waals surface area contributed by atoms with Crippen LogP contribution in [0.5, 0.6) is 0 Å². The van der Waals surface area contributed by atoms with Crippen molar-refractivity contribution < 1.29 is 55.2 Å². The fraction of sp³-hybridized carbons (Fsp3) is 0.0938. The van der Waals surface area contributed by atoms with Crippen LogP contribution in [0.1, 0.15) is 16.7 Å². The van der Waals surface area contributed by atoms with E-state index < -0.39 is 23.7 Å². The zero-order valence-electron chi connectivity index (χ0n) is 33.8. The van der Waals surface area contributed by atoms with Crippen LogP contribution >= 0.6 is 409 Å². The van der Waals surface area contributed by atoms with Gasteiger partial charge in [0.25, 0.3) is 0 Å². The van der Waals surface area contributed by atoms with Gasteiger partial charge in [0.05, 0.1) is 12.5 Å². The molecule has 0 N–H and O–H groups in total. The van der Waals surface area contributed by atoms with Gasteiger partial charge in [-0.3, -0.25) is 0 Å². The van der Waals surface area contributed by atoms with Gasteiger partial charge in [-0.05, 0) is 87.0 Å². The van der Waals surface area contributed by atoms with Gasteiger partial charge in [-0.1, -0.05) is 57.4 Å². The summed E-state index contributed by atoms with van der Waals surface area (Å²) < 4.78 is 24.5. The van der Waals surface area contributed by atoms with E-state index in [1.54, 1.807) is 31.6 Å². The molecule has 39 heteroatoms. The first kappa shape index (κ1) is 91.1. The maximum absolute atomic E-state index is 12.9. The van der Waals surface area contributed by atoms with Crippen molar-refractivity contribution in [3.63, 3.8) is 0 Å². The normalized spacial score (nSPS) is 12.0. The largest absolute Gasteiger partial charge is 0.373 e. The first-order chi connectivity index (χ1) is 33.3. The van der Waals surface area contributed by atoms with Crippen molar-refractivity contribution in [2.45, 2.75) is 20.8 Å². The summed E-state index contributed by atoms with van der Waals surface area (Å²) in [5.74, 6) is 1.51. The van der Waals surface area contributed by atoms with Gasteiger partial charge in [0.1, 0.15) is 17.3 Å². The third-order valence-corrected chi connectivity index (χ3v) is 1740. The van der Waals surface area contributed by atoms with E-state index in [2.05, 4.69) is 352 Å². The zero-order valence-corrected chi connectivity index (χ0v) is 98.0. The van der Waals surface area contributed by atoms with E-state index in [1.165, 1.54) is 17.2 Å². The molecule has 0 amide bonds. The van der Waals surface area contributed by atoms with E-state index in [1.807, 2.05) is 48.5 Å². The number of aryl methyl sites for hydroxylation is 3.